The Morgan fingerprint density at radius 3 is 2.64 bits per heavy atom. The average molecular weight is 332 g/mol. The van der Waals surface area contributed by atoms with Crippen molar-refractivity contribution in [2.24, 2.45) is 0 Å². The molecule has 5 heteroatoms. The van der Waals surface area contributed by atoms with Crippen LogP contribution in [0, 0.1) is 0 Å². The average Bonchev–Trinajstić information content (AvgIpc) is 3.14. The minimum atomic E-state index is -0.133. The predicted octanol–water partition coefficient (Wildman–Crippen LogP) is 3.48. The number of nitrogens with zero attached hydrogens (tertiary/aromatic N) is 3. The monoisotopic (exact) mass is 332 g/mol. The first kappa shape index (κ1) is 15.7. The van der Waals surface area contributed by atoms with Crippen molar-refractivity contribution < 1.29 is 4.79 Å². The van der Waals surface area contributed by atoms with E-state index < -0.39 is 0 Å². The molecule has 2 heterocycles. The molecular weight excluding hydrogens is 312 g/mol. The quantitative estimate of drug-likeness (QED) is 0.795. The van der Waals surface area contributed by atoms with E-state index in [2.05, 4.69) is 32.3 Å². The van der Waals surface area contributed by atoms with Crippen molar-refractivity contribution in [3.05, 3.63) is 66.0 Å². The van der Waals surface area contributed by atoms with Gasteiger partial charge in [-0.1, -0.05) is 12.1 Å². The molecule has 5 nitrogen and oxygen atoms in total. The fourth-order valence-corrected chi connectivity index (χ4v) is 3.25. The molecule has 25 heavy (non-hydrogen) atoms. The van der Waals surface area contributed by atoms with Crippen LogP contribution in [0.2, 0.25) is 0 Å². The van der Waals surface area contributed by atoms with Gasteiger partial charge in [-0.3, -0.25) is 19.7 Å². The van der Waals surface area contributed by atoms with E-state index in [-0.39, 0.29) is 5.91 Å². The summed E-state index contributed by atoms with van der Waals surface area (Å²) in [6.45, 7) is 3.26. The molecule has 1 N–H and O–H groups in total. The maximum Gasteiger partial charge on any atom is 0.255 e. The summed E-state index contributed by atoms with van der Waals surface area (Å²) in [5, 5.41) is 2.98. The molecule has 4 rings (SSSR count). The largest absolute Gasteiger partial charge is 0.322 e. The van der Waals surface area contributed by atoms with E-state index in [9.17, 15) is 4.79 Å². The third kappa shape index (κ3) is 3.67. The van der Waals surface area contributed by atoms with Crippen molar-refractivity contribution in [2.75, 3.05) is 18.4 Å². The number of aromatic nitrogens is 2. The van der Waals surface area contributed by atoms with E-state index in [1.165, 1.54) is 18.4 Å². The summed E-state index contributed by atoms with van der Waals surface area (Å²) in [6.07, 6.45) is 5.84. The molecule has 126 valence electrons. The number of carbonyl (C=O) groups is 1. The van der Waals surface area contributed by atoms with Crippen LogP contribution in [0.4, 0.5) is 5.69 Å². The van der Waals surface area contributed by atoms with Crippen LogP contribution < -0.4 is 5.32 Å². The highest BCUT2D eigenvalue weighted by molar-refractivity contribution is 6.05. The van der Waals surface area contributed by atoms with Gasteiger partial charge in [0.15, 0.2) is 0 Å². The van der Waals surface area contributed by atoms with Gasteiger partial charge in [0.1, 0.15) is 0 Å². The van der Waals surface area contributed by atoms with Gasteiger partial charge < -0.3 is 5.32 Å². The molecule has 0 radical (unpaired) electrons. The van der Waals surface area contributed by atoms with E-state index in [1.807, 2.05) is 18.2 Å². The van der Waals surface area contributed by atoms with Gasteiger partial charge in [-0.2, -0.15) is 0 Å². The van der Waals surface area contributed by atoms with Gasteiger partial charge in [0.2, 0.25) is 0 Å². The summed E-state index contributed by atoms with van der Waals surface area (Å²) in [5.74, 6) is -0.133. The van der Waals surface area contributed by atoms with Crippen LogP contribution in [0.3, 0.4) is 0 Å². The number of benzene rings is 2. The first-order valence-corrected chi connectivity index (χ1v) is 8.61. The highest BCUT2D eigenvalue weighted by atomic mass is 16.1. The number of carbonyl (C=O) groups excluding carboxylic acids is 1. The standard InChI is InChI=1S/C20H20N4O/c25-20(16-6-7-18-19(13-16)22-9-8-21-18)23-17-5-3-4-15(12-17)14-24-10-1-2-11-24/h3-9,12-13H,1-2,10-11,14H2,(H,23,25). The third-order valence-electron chi connectivity index (χ3n) is 4.52. The summed E-state index contributed by atoms with van der Waals surface area (Å²) in [7, 11) is 0. The molecule has 0 spiro atoms. The van der Waals surface area contributed by atoms with E-state index in [4.69, 9.17) is 0 Å². The van der Waals surface area contributed by atoms with Crippen molar-refractivity contribution in [2.45, 2.75) is 19.4 Å². The van der Waals surface area contributed by atoms with Crippen molar-refractivity contribution in [3.8, 4) is 0 Å². The molecule has 1 aliphatic rings. The van der Waals surface area contributed by atoms with E-state index >= 15 is 0 Å². The van der Waals surface area contributed by atoms with Gasteiger partial charge in [-0.15, -0.1) is 0 Å². The van der Waals surface area contributed by atoms with Gasteiger partial charge in [0.25, 0.3) is 5.91 Å². The normalized spacial score (nSPS) is 14.7. The number of nitrogens with one attached hydrogen (secondary N) is 1. The zero-order valence-electron chi connectivity index (χ0n) is 14.0. The van der Waals surface area contributed by atoms with Gasteiger partial charge in [0, 0.05) is 30.2 Å². The minimum Gasteiger partial charge on any atom is -0.322 e. The van der Waals surface area contributed by atoms with E-state index in [0.29, 0.717) is 5.56 Å². The number of hydrogen-bond acceptors (Lipinski definition) is 4. The lowest BCUT2D eigenvalue weighted by Crippen LogP contribution is -2.18. The Balaban J connectivity index is 1.49. The molecule has 0 unspecified atom stereocenters. The number of amides is 1. The fourth-order valence-electron chi connectivity index (χ4n) is 3.25. The van der Waals surface area contributed by atoms with Crippen molar-refractivity contribution in [1.82, 2.24) is 14.9 Å². The molecule has 1 aliphatic heterocycles. The number of hydrogen-bond donors (Lipinski definition) is 1. The SMILES string of the molecule is O=C(Nc1cccc(CN2CCCC2)c1)c1ccc2nccnc2c1. The van der Waals surface area contributed by atoms with Gasteiger partial charge in [-0.25, -0.2) is 0 Å². The third-order valence-corrected chi connectivity index (χ3v) is 4.52. The smallest absolute Gasteiger partial charge is 0.255 e. The zero-order chi connectivity index (χ0) is 17.1. The molecule has 1 amide bonds. The first-order valence-electron chi connectivity index (χ1n) is 8.61. The Kier molecular flexibility index (Phi) is 4.39. The van der Waals surface area contributed by atoms with Crippen LogP contribution in [0.25, 0.3) is 11.0 Å². The molecule has 1 aromatic heterocycles. The predicted molar refractivity (Wildman–Crippen MR) is 98.4 cm³/mol. The maximum atomic E-state index is 12.5. The van der Waals surface area contributed by atoms with Crippen LogP contribution in [-0.2, 0) is 6.54 Å². The lowest BCUT2D eigenvalue weighted by molar-refractivity contribution is 0.102. The highest BCUT2D eigenvalue weighted by Gasteiger charge is 2.12. The topological polar surface area (TPSA) is 58.1 Å². The second kappa shape index (κ2) is 6.99. The minimum absolute atomic E-state index is 0.133. The van der Waals surface area contributed by atoms with Crippen LogP contribution in [0.15, 0.2) is 54.9 Å². The van der Waals surface area contributed by atoms with Crippen LogP contribution in [-0.4, -0.2) is 33.9 Å². The first-order chi connectivity index (χ1) is 12.3. The van der Waals surface area contributed by atoms with Crippen LogP contribution in [0.5, 0.6) is 0 Å². The number of anilines is 1. The molecule has 0 atom stereocenters. The Bertz CT molecular complexity index is 903. The molecule has 3 aromatic rings. The molecule has 2 aromatic carbocycles. The van der Waals surface area contributed by atoms with Gasteiger partial charge in [-0.05, 0) is 61.8 Å². The Labute approximate surface area is 146 Å². The van der Waals surface area contributed by atoms with Crippen molar-refractivity contribution in [3.63, 3.8) is 0 Å². The summed E-state index contributed by atoms with van der Waals surface area (Å²) in [5.41, 5.74) is 4.13. The van der Waals surface area contributed by atoms with E-state index in [1.54, 1.807) is 24.5 Å². The molecule has 0 saturated carbocycles. The number of rotatable bonds is 4. The number of fused-ring (bicyclic) bond motifs is 1. The second-order valence-electron chi connectivity index (χ2n) is 6.40. The summed E-state index contributed by atoms with van der Waals surface area (Å²) >= 11 is 0. The van der Waals surface area contributed by atoms with Crippen LogP contribution >= 0.6 is 0 Å². The molecule has 0 aliphatic carbocycles. The Morgan fingerprint density at radius 2 is 1.80 bits per heavy atom. The van der Waals surface area contributed by atoms with Crippen LogP contribution in [0.1, 0.15) is 28.8 Å². The Morgan fingerprint density at radius 1 is 1.00 bits per heavy atom. The Hall–Kier alpha value is -2.79. The van der Waals surface area contributed by atoms with Gasteiger partial charge in [0.05, 0.1) is 11.0 Å². The lowest BCUT2D eigenvalue weighted by Gasteiger charge is -2.15. The molecule has 1 fully saturated rings. The molecule has 1 saturated heterocycles. The summed E-state index contributed by atoms with van der Waals surface area (Å²) in [6, 6.07) is 13.4. The number of likely N-dealkylation sites (tertiary alicyclic amines) is 1. The maximum absolute atomic E-state index is 12.5. The van der Waals surface area contributed by atoms with Gasteiger partial charge >= 0.3 is 0 Å². The second-order valence-corrected chi connectivity index (χ2v) is 6.40. The lowest BCUT2D eigenvalue weighted by atomic mass is 10.1. The molecule has 0 bridgehead atoms. The summed E-state index contributed by atoms with van der Waals surface area (Å²) in [4.78, 5) is 23.5. The fraction of sp³-hybridized carbons (Fsp3) is 0.250. The highest BCUT2D eigenvalue weighted by Crippen LogP contribution is 2.18. The van der Waals surface area contributed by atoms with E-state index in [0.717, 1.165) is 36.4 Å². The van der Waals surface area contributed by atoms with Crippen molar-refractivity contribution in [1.29, 1.82) is 0 Å². The van der Waals surface area contributed by atoms with Crippen molar-refractivity contribution >= 4 is 22.6 Å². The molecular formula is C20H20N4O. The summed E-state index contributed by atoms with van der Waals surface area (Å²) < 4.78 is 0. The zero-order valence-corrected chi connectivity index (χ0v) is 14.0.